The monoisotopic (exact) mass is 226 g/mol. The summed E-state index contributed by atoms with van der Waals surface area (Å²) < 4.78 is 0. The van der Waals surface area contributed by atoms with Crippen LogP contribution in [0.5, 0.6) is 0 Å². The van der Waals surface area contributed by atoms with Gasteiger partial charge in [0.2, 0.25) is 0 Å². The molecule has 1 unspecified atom stereocenters. The van der Waals surface area contributed by atoms with Crippen LogP contribution in [0.1, 0.15) is 47.0 Å². The fraction of sp³-hybridized carbons (Fsp3) is 1.00. The van der Waals surface area contributed by atoms with Gasteiger partial charge in [-0.1, -0.05) is 13.8 Å². The lowest BCUT2D eigenvalue weighted by Crippen LogP contribution is -2.38. The molecule has 0 radical (unpaired) electrons. The summed E-state index contributed by atoms with van der Waals surface area (Å²) in [6.45, 7) is 14.3. The normalized spacial score (nSPS) is 22.3. The van der Waals surface area contributed by atoms with Crippen molar-refractivity contribution in [1.29, 1.82) is 0 Å². The number of nitrogens with one attached hydrogen (secondary N) is 1. The molecule has 1 heterocycles. The van der Waals surface area contributed by atoms with Crippen molar-refractivity contribution < 1.29 is 0 Å². The standard InChI is InChI=1S/C14H30N2/c1-12(2)11-16(13(3)4)9-7-14-6-5-8-15-10-14/h12-15H,5-11H2,1-4H3. The van der Waals surface area contributed by atoms with Crippen LogP contribution >= 0.6 is 0 Å². The minimum atomic E-state index is 0.693. The van der Waals surface area contributed by atoms with Crippen molar-refractivity contribution in [3.8, 4) is 0 Å². The van der Waals surface area contributed by atoms with E-state index in [2.05, 4.69) is 37.9 Å². The first-order valence-corrected chi connectivity index (χ1v) is 7.04. The molecule has 1 aliphatic heterocycles. The van der Waals surface area contributed by atoms with Crippen LogP contribution in [0.3, 0.4) is 0 Å². The molecule has 0 aromatic carbocycles. The lowest BCUT2D eigenvalue weighted by atomic mass is 9.95. The third-order valence-corrected chi connectivity index (χ3v) is 3.55. The van der Waals surface area contributed by atoms with Crippen LogP contribution in [-0.4, -0.2) is 37.1 Å². The van der Waals surface area contributed by atoms with Gasteiger partial charge < -0.3 is 10.2 Å². The highest BCUT2D eigenvalue weighted by Crippen LogP contribution is 2.16. The second kappa shape index (κ2) is 7.29. The summed E-state index contributed by atoms with van der Waals surface area (Å²) in [5, 5.41) is 3.51. The van der Waals surface area contributed by atoms with Gasteiger partial charge in [0.25, 0.3) is 0 Å². The van der Waals surface area contributed by atoms with E-state index in [1.807, 2.05) is 0 Å². The van der Waals surface area contributed by atoms with Crippen molar-refractivity contribution in [2.24, 2.45) is 11.8 Å². The summed E-state index contributed by atoms with van der Waals surface area (Å²) in [5.74, 6) is 1.70. The topological polar surface area (TPSA) is 15.3 Å². The van der Waals surface area contributed by atoms with Crippen LogP contribution in [0.4, 0.5) is 0 Å². The molecule has 0 aromatic heterocycles. The molecule has 1 N–H and O–H groups in total. The van der Waals surface area contributed by atoms with Gasteiger partial charge in [-0.25, -0.2) is 0 Å². The average molecular weight is 226 g/mol. The molecule has 96 valence electrons. The van der Waals surface area contributed by atoms with Crippen molar-refractivity contribution in [3.05, 3.63) is 0 Å². The Bertz CT molecular complexity index is 172. The highest BCUT2D eigenvalue weighted by molar-refractivity contribution is 4.72. The van der Waals surface area contributed by atoms with E-state index < -0.39 is 0 Å². The minimum Gasteiger partial charge on any atom is -0.316 e. The molecule has 2 heteroatoms. The fourth-order valence-corrected chi connectivity index (χ4v) is 2.55. The van der Waals surface area contributed by atoms with E-state index in [0.717, 1.165) is 11.8 Å². The fourth-order valence-electron chi connectivity index (χ4n) is 2.55. The molecule has 2 nitrogen and oxygen atoms in total. The van der Waals surface area contributed by atoms with Gasteiger partial charge >= 0.3 is 0 Å². The second-order valence-corrected chi connectivity index (χ2v) is 5.98. The van der Waals surface area contributed by atoms with Crippen LogP contribution < -0.4 is 5.32 Å². The van der Waals surface area contributed by atoms with Crippen molar-refractivity contribution in [3.63, 3.8) is 0 Å². The van der Waals surface area contributed by atoms with Gasteiger partial charge in [0.15, 0.2) is 0 Å². The highest BCUT2D eigenvalue weighted by atomic mass is 15.1. The number of rotatable bonds is 6. The quantitative estimate of drug-likeness (QED) is 0.749. The summed E-state index contributed by atoms with van der Waals surface area (Å²) in [4.78, 5) is 2.64. The third kappa shape index (κ3) is 5.31. The maximum Gasteiger partial charge on any atom is 0.00387 e. The summed E-state index contributed by atoms with van der Waals surface area (Å²) >= 11 is 0. The molecule has 0 spiro atoms. The van der Waals surface area contributed by atoms with Crippen LogP contribution in [0.25, 0.3) is 0 Å². The summed E-state index contributed by atoms with van der Waals surface area (Å²) in [6.07, 6.45) is 4.18. The van der Waals surface area contributed by atoms with E-state index in [1.54, 1.807) is 0 Å². The van der Waals surface area contributed by atoms with E-state index in [-0.39, 0.29) is 0 Å². The Kier molecular flexibility index (Phi) is 6.37. The first kappa shape index (κ1) is 14.0. The SMILES string of the molecule is CC(C)CN(CCC1CCCNC1)C(C)C. The molecule has 0 aromatic rings. The van der Waals surface area contributed by atoms with Crippen molar-refractivity contribution in [1.82, 2.24) is 10.2 Å². The van der Waals surface area contributed by atoms with Crippen LogP contribution in [0, 0.1) is 11.8 Å². The first-order chi connectivity index (χ1) is 7.59. The molecule has 1 rings (SSSR count). The predicted octanol–water partition coefficient (Wildman–Crippen LogP) is 2.74. The molecule has 1 saturated heterocycles. The van der Waals surface area contributed by atoms with Crippen LogP contribution in [-0.2, 0) is 0 Å². The van der Waals surface area contributed by atoms with Crippen molar-refractivity contribution in [2.75, 3.05) is 26.2 Å². The Morgan fingerprint density at radius 1 is 1.25 bits per heavy atom. The number of hydrogen-bond donors (Lipinski definition) is 1. The number of nitrogens with zero attached hydrogens (tertiary/aromatic N) is 1. The molecule has 0 aliphatic carbocycles. The van der Waals surface area contributed by atoms with Gasteiger partial charge in [-0.05, 0) is 64.6 Å². The van der Waals surface area contributed by atoms with Gasteiger partial charge in [0.1, 0.15) is 0 Å². The van der Waals surface area contributed by atoms with E-state index in [0.29, 0.717) is 6.04 Å². The molecule has 0 saturated carbocycles. The smallest absolute Gasteiger partial charge is 0.00387 e. The molecule has 1 atom stereocenters. The zero-order valence-electron chi connectivity index (χ0n) is 11.6. The van der Waals surface area contributed by atoms with Gasteiger partial charge in [0.05, 0.1) is 0 Å². The first-order valence-electron chi connectivity index (χ1n) is 7.04. The van der Waals surface area contributed by atoms with Gasteiger partial charge in [-0.3, -0.25) is 0 Å². The molecule has 0 amide bonds. The van der Waals surface area contributed by atoms with E-state index in [1.165, 1.54) is 45.4 Å². The molecule has 16 heavy (non-hydrogen) atoms. The van der Waals surface area contributed by atoms with E-state index in [4.69, 9.17) is 0 Å². The van der Waals surface area contributed by atoms with Gasteiger partial charge in [0, 0.05) is 12.6 Å². The maximum atomic E-state index is 3.51. The highest BCUT2D eigenvalue weighted by Gasteiger charge is 2.16. The molecule has 0 bridgehead atoms. The lowest BCUT2D eigenvalue weighted by molar-refractivity contribution is 0.178. The van der Waals surface area contributed by atoms with Gasteiger partial charge in [-0.2, -0.15) is 0 Å². The largest absolute Gasteiger partial charge is 0.316 e. The Morgan fingerprint density at radius 3 is 2.50 bits per heavy atom. The average Bonchev–Trinajstić information content (AvgIpc) is 2.25. The third-order valence-electron chi connectivity index (χ3n) is 3.55. The summed E-state index contributed by atoms with van der Waals surface area (Å²) in [7, 11) is 0. The number of piperidine rings is 1. The van der Waals surface area contributed by atoms with E-state index in [9.17, 15) is 0 Å². The summed E-state index contributed by atoms with van der Waals surface area (Å²) in [5.41, 5.74) is 0. The Hall–Kier alpha value is -0.0800. The molecule has 1 aliphatic rings. The minimum absolute atomic E-state index is 0.693. The maximum absolute atomic E-state index is 3.51. The van der Waals surface area contributed by atoms with Crippen LogP contribution in [0.2, 0.25) is 0 Å². The summed E-state index contributed by atoms with van der Waals surface area (Å²) in [6, 6.07) is 0.693. The van der Waals surface area contributed by atoms with Crippen molar-refractivity contribution in [2.45, 2.75) is 53.0 Å². The second-order valence-electron chi connectivity index (χ2n) is 5.98. The number of hydrogen-bond acceptors (Lipinski definition) is 2. The zero-order chi connectivity index (χ0) is 12.0. The van der Waals surface area contributed by atoms with Crippen LogP contribution in [0.15, 0.2) is 0 Å². The van der Waals surface area contributed by atoms with E-state index >= 15 is 0 Å². The lowest BCUT2D eigenvalue weighted by Gasteiger charge is -2.31. The Labute approximate surface area is 102 Å². The molecular formula is C14H30N2. The zero-order valence-corrected chi connectivity index (χ0v) is 11.6. The Balaban J connectivity index is 2.25. The Morgan fingerprint density at radius 2 is 2.00 bits per heavy atom. The predicted molar refractivity (Wildman–Crippen MR) is 71.8 cm³/mol. The molecule has 1 fully saturated rings. The van der Waals surface area contributed by atoms with Crippen molar-refractivity contribution >= 4 is 0 Å². The van der Waals surface area contributed by atoms with Gasteiger partial charge in [-0.15, -0.1) is 0 Å². The molecular weight excluding hydrogens is 196 g/mol.